The monoisotopic (exact) mass is 395 g/mol. The van der Waals surface area contributed by atoms with Gasteiger partial charge in [0.2, 0.25) is 0 Å². The van der Waals surface area contributed by atoms with Gasteiger partial charge in [0, 0.05) is 25.0 Å². The molecule has 3 aromatic rings. The largest absolute Gasteiger partial charge is 0.427 e. The molecular formula is C26H21NO3. The highest BCUT2D eigenvalue weighted by Crippen LogP contribution is 2.58. The van der Waals surface area contributed by atoms with Crippen LogP contribution in [-0.2, 0) is 10.2 Å². The molecule has 0 radical (unpaired) electrons. The summed E-state index contributed by atoms with van der Waals surface area (Å²) in [6.45, 7) is 1.39. The highest BCUT2D eigenvalue weighted by molar-refractivity contribution is 6.06. The Morgan fingerprint density at radius 2 is 1.83 bits per heavy atom. The van der Waals surface area contributed by atoms with Crippen LogP contribution in [0.2, 0.25) is 0 Å². The van der Waals surface area contributed by atoms with E-state index < -0.39 is 5.41 Å². The lowest BCUT2D eigenvalue weighted by Crippen LogP contribution is -2.47. The number of ketones is 1. The van der Waals surface area contributed by atoms with Gasteiger partial charge in [-0.2, -0.15) is 0 Å². The molecule has 0 saturated carbocycles. The van der Waals surface area contributed by atoms with Gasteiger partial charge in [-0.05, 0) is 47.4 Å². The standard InChI is InChI=1S/C26H21NO3/c1-17(28)30-20-10-11-22-21(16-20)19-12-13-26(22,25(29)24-9-5-6-14-27-24)23(15-19)18-7-3-2-4-8-18/h2-14,16,19,23H,15H2,1H3. The van der Waals surface area contributed by atoms with Gasteiger partial charge in [0.25, 0.3) is 0 Å². The quantitative estimate of drug-likeness (QED) is 0.271. The summed E-state index contributed by atoms with van der Waals surface area (Å²) < 4.78 is 5.32. The molecule has 30 heavy (non-hydrogen) atoms. The molecular weight excluding hydrogens is 374 g/mol. The van der Waals surface area contributed by atoms with Crippen LogP contribution in [0.15, 0.2) is 85.1 Å². The minimum absolute atomic E-state index is 0.00663. The summed E-state index contributed by atoms with van der Waals surface area (Å²) >= 11 is 0. The number of Topliss-reactive ketones (excluding diaryl/α,β-unsaturated/α-hetero) is 1. The SMILES string of the molecule is CC(=O)Oc1ccc2c(c1)C1C=CC2(C(=O)c2ccccn2)C(c2ccccc2)C1. The number of benzene rings is 2. The average Bonchev–Trinajstić information content (AvgIpc) is 2.79. The first kappa shape index (κ1) is 18.5. The van der Waals surface area contributed by atoms with Crippen molar-refractivity contribution in [3.05, 3.63) is 107 Å². The summed E-state index contributed by atoms with van der Waals surface area (Å²) in [5.41, 5.74) is 2.79. The number of carbonyl (C=O) groups is 2. The number of hydrogen-bond acceptors (Lipinski definition) is 4. The number of hydrogen-bond donors (Lipinski definition) is 0. The Morgan fingerprint density at radius 1 is 1.03 bits per heavy atom. The van der Waals surface area contributed by atoms with Crippen LogP contribution in [0.3, 0.4) is 0 Å². The van der Waals surface area contributed by atoms with Crippen LogP contribution >= 0.6 is 0 Å². The fourth-order valence-corrected chi connectivity index (χ4v) is 5.01. The zero-order valence-corrected chi connectivity index (χ0v) is 16.6. The molecule has 0 saturated heterocycles. The molecule has 2 bridgehead atoms. The van der Waals surface area contributed by atoms with E-state index in [1.807, 2.05) is 42.5 Å². The highest BCUT2D eigenvalue weighted by atomic mass is 16.5. The summed E-state index contributed by atoms with van der Waals surface area (Å²) in [7, 11) is 0. The maximum absolute atomic E-state index is 14.0. The Kier molecular flexibility index (Phi) is 4.35. The molecule has 3 unspecified atom stereocenters. The van der Waals surface area contributed by atoms with Gasteiger partial charge in [0.1, 0.15) is 11.4 Å². The first-order chi connectivity index (χ1) is 14.6. The number of nitrogens with zero attached hydrogens (tertiary/aromatic N) is 1. The Morgan fingerprint density at radius 3 is 2.57 bits per heavy atom. The summed E-state index contributed by atoms with van der Waals surface area (Å²) in [6.07, 6.45) is 6.67. The van der Waals surface area contributed by atoms with Crippen LogP contribution in [0.25, 0.3) is 0 Å². The second-order valence-corrected chi connectivity index (χ2v) is 7.92. The first-order valence-corrected chi connectivity index (χ1v) is 10.1. The van der Waals surface area contributed by atoms with Crippen LogP contribution < -0.4 is 4.74 Å². The molecule has 0 amide bonds. The first-order valence-electron chi connectivity index (χ1n) is 10.1. The highest BCUT2D eigenvalue weighted by Gasteiger charge is 2.54. The van der Waals surface area contributed by atoms with Gasteiger partial charge in [-0.25, -0.2) is 0 Å². The predicted octanol–water partition coefficient (Wildman–Crippen LogP) is 4.97. The fraction of sp³-hybridized carbons (Fsp3) is 0.192. The maximum atomic E-state index is 14.0. The van der Waals surface area contributed by atoms with Gasteiger partial charge in [0.15, 0.2) is 5.78 Å². The number of esters is 1. The third kappa shape index (κ3) is 2.79. The second-order valence-electron chi connectivity index (χ2n) is 7.92. The van der Waals surface area contributed by atoms with Crippen molar-refractivity contribution in [3.63, 3.8) is 0 Å². The molecule has 3 aliphatic carbocycles. The zero-order valence-electron chi connectivity index (χ0n) is 16.6. The van der Waals surface area contributed by atoms with E-state index in [9.17, 15) is 9.59 Å². The fourth-order valence-electron chi connectivity index (χ4n) is 5.01. The lowest BCUT2D eigenvalue weighted by Gasteiger charge is -2.48. The predicted molar refractivity (Wildman–Crippen MR) is 114 cm³/mol. The molecule has 0 N–H and O–H groups in total. The minimum atomic E-state index is -0.839. The number of ether oxygens (including phenoxy) is 1. The van der Waals surface area contributed by atoms with Gasteiger partial charge in [-0.3, -0.25) is 14.6 Å². The number of allylic oxidation sites excluding steroid dienone is 2. The van der Waals surface area contributed by atoms with E-state index in [0.717, 1.165) is 23.1 Å². The third-order valence-corrected chi connectivity index (χ3v) is 6.24. The number of pyridine rings is 1. The second kappa shape index (κ2) is 7.06. The van der Waals surface area contributed by atoms with E-state index in [4.69, 9.17) is 4.74 Å². The zero-order chi connectivity index (χ0) is 20.7. The van der Waals surface area contributed by atoms with Crippen molar-refractivity contribution in [2.45, 2.75) is 30.6 Å². The van der Waals surface area contributed by atoms with E-state index in [0.29, 0.717) is 11.4 Å². The Labute approximate surface area is 175 Å². The van der Waals surface area contributed by atoms with Crippen LogP contribution in [0.1, 0.15) is 52.4 Å². The van der Waals surface area contributed by atoms with E-state index in [2.05, 4.69) is 29.3 Å². The summed E-state index contributed by atoms with van der Waals surface area (Å²) in [6, 6.07) is 21.3. The molecule has 3 atom stereocenters. The van der Waals surface area contributed by atoms with Gasteiger partial charge in [-0.15, -0.1) is 0 Å². The Bertz CT molecular complexity index is 1150. The van der Waals surface area contributed by atoms with E-state index in [-0.39, 0.29) is 23.6 Å². The van der Waals surface area contributed by atoms with Gasteiger partial charge in [-0.1, -0.05) is 54.6 Å². The average molecular weight is 395 g/mol. The number of rotatable bonds is 4. The summed E-state index contributed by atoms with van der Waals surface area (Å²) in [5, 5.41) is 0. The Balaban J connectivity index is 1.72. The van der Waals surface area contributed by atoms with E-state index in [1.165, 1.54) is 6.92 Å². The molecule has 4 nitrogen and oxygen atoms in total. The molecule has 1 heterocycles. The number of fused-ring (bicyclic) bond motifs is 1. The topological polar surface area (TPSA) is 56.3 Å². The number of carbonyl (C=O) groups excluding carboxylic acids is 2. The number of aromatic nitrogens is 1. The van der Waals surface area contributed by atoms with E-state index >= 15 is 0 Å². The van der Waals surface area contributed by atoms with Crippen molar-refractivity contribution in [1.82, 2.24) is 4.98 Å². The van der Waals surface area contributed by atoms with Gasteiger partial charge < -0.3 is 4.74 Å². The van der Waals surface area contributed by atoms with Crippen molar-refractivity contribution in [3.8, 4) is 5.75 Å². The smallest absolute Gasteiger partial charge is 0.308 e. The molecule has 1 aromatic heterocycles. The minimum Gasteiger partial charge on any atom is -0.427 e. The van der Waals surface area contributed by atoms with E-state index in [1.54, 1.807) is 18.3 Å². The Hall–Kier alpha value is -3.53. The van der Waals surface area contributed by atoms with Crippen molar-refractivity contribution in [1.29, 1.82) is 0 Å². The molecule has 0 fully saturated rings. The van der Waals surface area contributed by atoms with Crippen LogP contribution in [0.5, 0.6) is 5.75 Å². The molecule has 4 heteroatoms. The maximum Gasteiger partial charge on any atom is 0.308 e. The van der Waals surface area contributed by atoms with Crippen molar-refractivity contribution < 1.29 is 14.3 Å². The van der Waals surface area contributed by atoms with Crippen LogP contribution in [-0.4, -0.2) is 16.7 Å². The summed E-state index contributed by atoms with van der Waals surface area (Å²) in [4.78, 5) is 29.8. The summed E-state index contributed by atoms with van der Waals surface area (Å²) in [5.74, 6) is 0.328. The van der Waals surface area contributed by atoms with Crippen molar-refractivity contribution in [2.75, 3.05) is 0 Å². The van der Waals surface area contributed by atoms with Gasteiger partial charge >= 0.3 is 5.97 Å². The lowest BCUT2D eigenvalue weighted by atomic mass is 9.53. The van der Waals surface area contributed by atoms with Gasteiger partial charge in [0.05, 0.1) is 5.41 Å². The molecule has 0 spiro atoms. The van der Waals surface area contributed by atoms with Crippen LogP contribution in [0, 0.1) is 0 Å². The molecule has 3 aliphatic rings. The molecule has 148 valence electrons. The van der Waals surface area contributed by atoms with Crippen LogP contribution in [0.4, 0.5) is 0 Å². The molecule has 0 aliphatic heterocycles. The van der Waals surface area contributed by atoms with Crippen molar-refractivity contribution in [2.24, 2.45) is 0 Å². The normalized spacial score (nSPS) is 23.6. The lowest BCUT2D eigenvalue weighted by molar-refractivity contribution is -0.131. The molecule has 2 aromatic carbocycles. The van der Waals surface area contributed by atoms with Crippen molar-refractivity contribution >= 4 is 11.8 Å². The molecule has 6 rings (SSSR count). The third-order valence-electron chi connectivity index (χ3n) is 6.24.